The standard InChI is InChI=1S/C22H21N3O3/c1-27-15-8-9-16-14(13-28-20(16)12-15)11-21(26)25-10-4-7-19(25)22-23-17-5-2-3-6-18(17)24-22/h2-3,5-6,8-9,12-13,19H,4,7,10-11H2,1H3,(H,23,24)/t19-/m0/s1. The Labute approximate surface area is 162 Å². The van der Waals surface area contributed by atoms with Crippen LogP contribution in [0.15, 0.2) is 53.1 Å². The maximum Gasteiger partial charge on any atom is 0.227 e. The maximum absolute atomic E-state index is 13.1. The number of methoxy groups -OCH3 is 1. The predicted octanol–water partition coefficient (Wildman–Crippen LogP) is 4.22. The van der Waals surface area contributed by atoms with E-state index in [1.807, 2.05) is 47.4 Å². The van der Waals surface area contributed by atoms with Gasteiger partial charge in [-0.3, -0.25) is 4.79 Å². The normalized spacial score (nSPS) is 16.9. The summed E-state index contributed by atoms with van der Waals surface area (Å²) < 4.78 is 10.9. The number of fused-ring (bicyclic) bond motifs is 2. The van der Waals surface area contributed by atoms with E-state index < -0.39 is 0 Å². The number of carbonyl (C=O) groups is 1. The average molecular weight is 375 g/mol. The average Bonchev–Trinajstić information content (AvgIpc) is 3.45. The molecule has 0 spiro atoms. The molecule has 1 saturated heterocycles. The van der Waals surface area contributed by atoms with E-state index in [1.54, 1.807) is 13.4 Å². The van der Waals surface area contributed by atoms with E-state index in [1.165, 1.54) is 0 Å². The van der Waals surface area contributed by atoms with Crippen LogP contribution in [0.1, 0.15) is 30.3 Å². The minimum atomic E-state index is -0.00170. The van der Waals surface area contributed by atoms with Crippen molar-refractivity contribution in [3.63, 3.8) is 0 Å². The van der Waals surface area contributed by atoms with Crippen molar-refractivity contribution >= 4 is 27.9 Å². The van der Waals surface area contributed by atoms with E-state index in [9.17, 15) is 4.79 Å². The summed E-state index contributed by atoms with van der Waals surface area (Å²) in [5.74, 6) is 1.71. The fraction of sp³-hybridized carbons (Fsp3) is 0.273. The number of hydrogen-bond acceptors (Lipinski definition) is 4. The van der Waals surface area contributed by atoms with E-state index in [4.69, 9.17) is 14.1 Å². The molecular weight excluding hydrogens is 354 g/mol. The van der Waals surface area contributed by atoms with Gasteiger partial charge in [-0.1, -0.05) is 12.1 Å². The minimum Gasteiger partial charge on any atom is -0.497 e. The van der Waals surface area contributed by atoms with E-state index >= 15 is 0 Å². The van der Waals surface area contributed by atoms with Crippen LogP contribution >= 0.6 is 0 Å². The van der Waals surface area contributed by atoms with Gasteiger partial charge in [0.1, 0.15) is 17.2 Å². The van der Waals surface area contributed by atoms with Gasteiger partial charge in [0.15, 0.2) is 0 Å². The number of imidazole rings is 1. The smallest absolute Gasteiger partial charge is 0.227 e. The van der Waals surface area contributed by atoms with Crippen molar-refractivity contribution in [3.8, 4) is 5.75 Å². The Morgan fingerprint density at radius 2 is 2.21 bits per heavy atom. The lowest BCUT2D eigenvalue weighted by atomic mass is 10.1. The zero-order valence-corrected chi connectivity index (χ0v) is 15.6. The third kappa shape index (κ3) is 2.81. The second kappa shape index (κ2) is 6.71. The van der Waals surface area contributed by atoms with Crippen LogP contribution in [0.2, 0.25) is 0 Å². The molecule has 1 amide bonds. The monoisotopic (exact) mass is 375 g/mol. The van der Waals surface area contributed by atoms with Crippen molar-refractivity contribution in [2.24, 2.45) is 0 Å². The van der Waals surface area contributed by atoms with Gasteiger partial charge in [-0.05, 0) is 37.1 Å². The number of aromatic nitrogens is 2. The van der Waals surface area contributed by atoms with Crippen LogP contribution in [0.3, 0.4) is 0 Å². The maximum atomic E-state index is 13.1. The number of H-pyrrole nitrogens is 1. The molecule has 2 aromatic heterocycles. The van der Waals surface area contributed by atoms with Crippen molar-refractivity contribution in [1.29, 1.82) is 0 Å². The highest BCUT2D eigenvalue weighted by Gasteiger charge is 2.32. The fourth-order valence-corrected chi connectivity index (χ4v) is 4.07. The van der Waals surface area contributed by atoms with Crippen molar-refractivity contribution in [2.75, 3.05) is 13.7 Å². The van der Waals surface area contributed by atoms with Crippen LogP contribution in [-0.2, 0) is 11.2 Å². The van der Waals surface area contributed by atoms with Crippen LogP contribution in [-0.4, -0.2) is 34.4 Å². The summed E-state index contributed by atoms with van der Waals surface area (Å²) >= 11 is 0. The number of hydrogen-bond donors (Lipinski definition) is 1. The number of ether oxygens (including phenoxy) is 1. The molecule has 1 aliphatic rings. The number of rotatable bonds is 4. The number of para-hydroxylation sites is 2. The van der Waals surface area contributed by atoms with Crippen LogP contribution in [0, 0.1) is 0 Å². The molecule has 0 saturated carbocycles. The molecule has 0 unspecified atom stereocenters. The molecule has 1 fully saturated rings. The number of aromatic amines is 1. The van der Waals surface area contributed by atoms with E-state index in [-0.39, 0.29) is 11.9 Å². The summed E-state index contributed by atoms with van der Waals surface area (Å²) in [7, 11) is 1.63. The number of nitrogens with one attached hydrogen (secondary N) is 1. The molecule has 142 valence electrons. The van der Waals surface area contributed by atoms with Gasteiger partial charge in [-0.2, -0.15) is 0 Å². The Morgan fingerprint density at radius 3 is 3.07 bits per heavy atom. The highest BCUT2D eigenvalue weighted by molar-refractivity contribution is 5.88. The molecule has 5 rings (SSSR count). The fourth-order valence-electron chi connectivity index (χ4n) is 4.07. The van der Waals surface area contributed by atoms with Crippen LogP contribution in [0.25, 0.3) is 22.0 Å². The van der Waals surface area contributed by atoms with Crippen molar-refractivity contribution in [2.45, 2.75) is 25.3 Å². The Kier molecular flexibility index (Phi) is 4.04. The van der Waals surface area contributed by atoms with Crippen LogP contribution in [0.5, 0.6) is 5.75 Å². The summed E-state index contributed by atoms with van der Waals surface area (Å²) in [4.78, 5) is 23.1. The summed E-state index contributed by atoms with van der Waals surface area (Å²) in [5, 5.41) is 0.952. The summed E-state index contributed by atoms with van der Waals surface area (Å²) in [5.41, 5.74) is 3.58. The van der Waals surface area contributed by atoms with Gasteiger partial charge in [-0.15, -0.1) is 0 Å². The molecule has 28 heavy (non-hydrogen) atoms. The van der Waals surface area contributed by atoms with Crippen molar-refractivity contribution in [1.82, 2.24) is 14.9 Å². The number of benzene rings is 2. The largest absolute Gasteiger partial charge is 0.497 e. The highest BCUT2D eigenvalue weighted by atomic mass is 16.5. The molecule has 1 atom stereocenters. The number of furan rings is 1. The summed E-state index contributed by atoms with van der Waals surface area (Å²) in [6.45, 7) is 0.754. The third-order valence-electron chi connectivity index (χ3n) is 5.50. The van der Waals surface area contributed by atoms with Crippen molar-refractivity contribution in [3.05, 3.63) is 60.1 Å². The number of nitrogens with zero attached hydrogens (tertiary/aromatic N) is 2. The topological polar surface area (TPSA) is 71.4 Å². The molecule has 2 aromatic carbocycles. The highest BCUT2D eigenvalue weighted by Crippen LogP contribution is 2.33. The zero-order valence-electron chi connectivity index (χ0n) is 15.6. The molecule has 1 N–H and O–H groups in total. The van der Waals surface area contributed by atoms with Gasteiger partial charge in [-0.25, -0.2) is 4.98 Å². The van der Waals surface area contributed by atoms with Crippen molar-refractivity contribution < 1.29 is 13.9 Å². The first-order chi connectivity index (χ1) is 13.7. The number of carbonyl (C=O) groups excluding carboxylic acids is 1. The third-order valence-corrected chi connectivity index (χ3v) is 5.50. The summed E-state index contributed by atoms with van der Waals surface area (Å²) in [6.07, 6.45) is 3.90. The van der Waals surface area contributed by atoms with Gasteiger partial charge in [0, 0.05) is 23.6 Å². The molecule has 0 aliphatic carbocycles. The molecule has 4 aromatic rings. The van der Waals surface area contributed by atoms with E-state index in [0.29, 0.717) is 6.42 Å². The predicted molar refractivity (Wildman–Crippen MR) is 106 cm³/mol. The van der Waals surface area contributed by atoms with Gasteiger partial charge in [0.05, 0.1) is 36.9 Å². The van der Waals surface area contributed by atoms with Crippen LogP contribution < -0.4 is 4.74 Å². The van der Waals surface area contributed by atoms with Crippen LogP contribution in [0.4, 0.5) is 0 Å². The molecule has 6 nitrogen and oxygen atoms in total. The lowest BCUT2D eigenvalue weighted by Crippen LogP contribution is -2.32. The van der Waals surface area contributed by atoms with Gasteiger partial charge >= 0.3 is 0 Å². The second-order valence-electron chi connectivity index (χ2n) is 7.18. The zero-order chi connectivity index (χ0) is 19.1. The van der Waals surface area contributed by atoms with E-state index in [0.717, 1.165) is 58.5 Å². The molecule has 1 aliphatic heterocycles. The number of amides is 1. The summed E-state index contributed by atoms with van der Waals surface area (Å²) in [6, 6.07) is 13.6. The number of likely N-dealkylation sites (tertiary alicyclic amines) is 1. The minimum absolute atomic E-state index is 0.00170. The quantitative estimate of drug-likeness (QED) is 0.580. The second-order valence-corrected chi connectivity index (χ2v) is 7.18. The van der Waals surface area contributed by atoms with Gasteiger partial charge < -0.3 is 19.0 Å². The first-order valence-corrected chi connectivity index (χ1v) is 9.51. The van der Waals surface area contributed by atoms with Gasteiger partial charge in [0.2, 0.25) is 5.91 Å². The molecule has 0 bridgehead atoms. The SMILES string of the molecule is COc1ccc2c(CC(=O)N3CCC[C@H]3c3nc4ccccc4[nH]3)coc2c1. The first-order valence-electron chi connectivity index (χ1n) is 9.51. The van der Waals surface area contributed by atoms with E-state index in [2.05, 4.69) is 4.98 Å². The Hall–Kier alpha value is -3.28. The first kappa shape index (κ1) is 16.9. The Balaban J connectivity index is 1.40. The molecule has 6 heteroatoms. The molecule has 3 heterocycles. The lowest BCUT2D eigenvalue weighted by Gasteiger charge is -2.23. The lowest BCUT2D eigenvalue weighted by molar-refractivity contribution is -0.131. The molecular formula is C22H21N3O3. The van der Waals surface area contributed by atoms with Gasteiger partial charge in [0.25, 0.3) is 0 Å². The Morgan fingerprint density at radius 1 is 1.32 bits per heavy atom. The molecule has 0 radical (unpaired) electrons. The Bertz CT molecular complexity index is 1130.